The fraction of sp³-hybridized carbons (Fsp3) is 0.0164. The maximum absolute atomic E-state index is 6.25. The molecule has 0 unspecified atom stereocenters. The average Bonchev–Trinajstić information content (AvgIpc) is 3.89. The molecule has 11 aromatic rings. The van der Waals surface area contributed by atoms with Gasteiger partial charge in [0.15, 0.2) is 0 Å². The van der Waals surface area contributed by atoms with Gasteiger partial charge in [-0.15, -0.1) is 0 Å². The molecule has 0 amide bonds. The van der Waals surface area contributed by atoms with Gasteiger partial charge in [0, 0.05) is 27.7 Å². The van der Waals surface area contributed by atoms with E-state index in [0.717, 1.165) is 61.3 Å². The Hall–Kier alpha value is -8.20. The highest BCUT2D eigenvalue weighted by molar-refractivity contribution is 6.06. The molecular weight excluding hydrogens is 763 g/mol. The van der Waals surface area contributed by atoms with Gasteiger partial charge >= 0.3 is 0 Å². The molecule has 2 nitrogen and oxygen atoms in total. The fourth-order valence-corrected chi connectivity index (χ4v) is 10.1. The van der Waals surface area contributed by atoms with E-state index in [1.807, 2.05) is 12.1 Å². The van der Waals surface area contributed by atoms with E-state index < -0.39 is 5.41 Å². The molecule has 0 saturated heterocycles. The van der Waals surface area contributed by atoms with Crippen LogP contribution in [0.15, 0.2) is 253 Å². The molecule has 1 aliphatic carbocycles. The zero-order valence-electron chi connectivity index (χ0n) is 34.5. The molecule has 0 saturated carbocycles. The topological polar surface area (TPSA) is 16.4 Å². The SMILES string of the molecule is c1ccc(N(c2ccc(-c3ccc4c(c3)oc3ccccc34)cc2)c2ccccc2-c2cccc(-c3ccc4c(c3)-c3ccccc3C4(c3ccccc3)c3ccccc3)c2)cc1. The van der Waals surface area contributed by atoms with Crippen LogP contribution in [-0.2, 0) is 5.41 Å². The maximum atomic E-state index is 6.25. The summed E-state index contributed by atoms with van der Waals surface area (Å²) in [7, 11) is 0. The summed E-state index contributed by atoms with van der Waals surface area (Å²) in [5.41, 5.74) is 19.3. The number of para-hydroxylation sites is 3. The molecular formula is C61H41NO. The molecule has 0 aliphatic heterocycles. The Kier molecular flexibility index (Phi) is 8.76. The summed E-state index contributed by atoms with van der Waals surface area (Å²) in [6, 6.07) is 90.2. The number of hydrogen-bond donors (Lipinski definition) is 0. The van der Waals surface area contributed by atoms with Crippen molar-refractivity contribution in [3.8, 4) is 44.5 Å². The van der Waals surface area contributed by atoms with Crippen molar-refractivity contribution in [2.24, 2.45) is 0 Å². The zero-order chi connectivity index (χ0) is 41.7. The molecule has 1 aromatic heterocycles. The van der Waals surface area contributed by atoms with Crippen LogP contribution >= 0.6 is 0 Å². The Labute approximate surface area is 367 Å². The predicted octanol–water partition coefficient (Wildman–Crippen LogP) is 16.4. The monoisotopic (exact) mass is 803 g/mol. The Morgan fingerprint density at radius 2 is 0.841 bits per heavy atom. The van der Waals surface area contributed by atoms with Crippen molar-refractivity contribution in [3.05, 3.63) is 271 Å². The summed E-state index contributed by atoms with van der Waals surface area (Å²) in [5.74, 6) is 0. The second kappa shape index (κ2) is 15.1. The van der Waals surface area contributed by atoms with Crippen LogP contribution in [0.5, 0.6) is 0 Å². The third kappa shape index (κ3) is 6.02. The van der Waals surface area contributed by atoms with Gasteiger partial charge in [-0.2, -0.15) is 0 Å². The van der Waals surface area contributed by atoms with Crippen molar-refractivity contribution in [2.75, 3.05) is 4.90 Å². The van der Waals surface area contributed by atoms with Crippen LogP contribution in [0.2, 0.25) is 0 Å². The molecule has 2 heteroatoms. The van der Waals surface area contributed by atoms with Crippen LogP contribution in [0.3, 0.4) is 0 Å². The van der Waals surface area contributed by atoms with Gasteiger partial charge < -0.3 is 9.32 Å². The summed E-state index contributed by atoms with van der Waals surface area (Å²) >= 11 is 0. The van der Waals surface area contributed by atoms with Gasteiger partial charge in [0.1, 0.15) is 11.2 Å². The Balaban J connectivity index is 0.940. The van der Waals surface area contributed by atoms with Gasteiger partial charge in [0.05, 0.1) is 11.1 Å². The van der Waals surface area contributed by atoms with Crippen molar-refractivity contribution in [1.82, 2.24) is 0 Å². The molecule has 12 rings (SSSR count). The van der Waals surface area contributed by atoms with Crippen LogP contribution in [0, 0.1) is 0 Å². The summed E-state index contributed by atoms with van der Waals surface area (Å²) < 4.78 is 6.25. The van der Waals surface area contributed by atoms with Gasteiger partial charge in [-0.05, 0) is 122 Å². The van der Waals surface area contributed by atoms with Crippen LogP contribution < -0.4 is 4.90 Å². The number of anilines is 3. The summed E-state index contributed by atoms with van der Waals surface area (Å²) in [5, 5.41) is 2.28. The fourth-order valence-electron chi connectivity index (χ4n) is 10.1. The Morgan fingerprint density at radius 1 is 0.302 bits per heavy atom. The first-order chi connectivity index (χ1) is 31.2. The number of furan rings is 1. The van der Waals surface area contributed by atoms with Gasteiger partial charge in [-0.3, -0.25) is 0 Å². The molecule has 0 fully saturated rings. The molecule has 1 heterocycles. The second-order valence-corrected chi connectivity index (χ2v) is 16.4. The van der Waals surface area contributed by atoms with Crippen LogP contribution in [0.4, 0.5) is 17.1 Å². The summed E-state index contributed by atoms with van der Waals surface area (Å²) in [6.45, 7) is 0. The summed E-state index contributed by atoms with van der Waals surface area (Å²) in [6.07, 6.45) is 0. The number of nitrogens with zero attached hydrogens (tertiary/aromatic N) is 1. The van der Waals surface area contributed by atoms with Crippen molar-refractivity contribution < 1.29 is 4.42 Å². The minimum atomic E-state index is -0.422. The van der Waals surface area contributed by atoms with Gasteiger partial charge in [0.25, 0.3) is 0 Å². The normalized spacial score (nSPS) is 12.6. The van der Waals surface area contributed by atoms with Crippen molar-refractivity contribution in [3.63, 3.8) is 0 Å². The third-order valence-electron chi connectivity index (χ3n) is 13.0. The van der Waals surface area contributed by atoms with E-state index in [1.54, 1.807) is 0 Å². The Morgan fingerprint density at radius 3 is 1.62 bits per heavy atom. The van der Waals surface area contributed by atoms with Gasteiger partial charge in [-0.25, -0.2) is 0 Å². The van der Waals surface area contributed by atoms with E-state index in [4.69, 9.17) is 4.42 Å². The molecule has 296 valence electrons. The smallest absolute Gasteiger partial charge is 0.136 e. The molecule has 0 radical (unpaired) electrons. The number of hydrogen-bond acceptors (Lipinski definition) is 2. The van der Waals surface area contributed by atoms with Crippen LogP contribution in [0.25, 0.3) is 66.4 Å². The molecule has 10 aromatic carbocycles. The first-order valence-electron chi connectivity index (χ1n) is 21.7. The lowest BCUT2D eigenvalue weighted by Crippen LogP contribution is -2.28. The highest BCUT2D eigenvalue weighted by Gasteiger charge is 2.46. The van der Waals surface area contributed by atoms with Crippen LogP contribution in [-0.4, -0.2) is 0 Å². The predicted molar refractivity (Wildman–Crippen MR) is 262 cm³/mol. The standard InChI is InChI=1S/C61H41NO/c1-4-19-47(20-5-1)61(48-21-6-2-7-22-48)56-28-13-10-26-52(56)55-40-44(34-38-57(55)61)43-17-16-18-46(39-43)51-25-11-14-29-58(51)62(49-23-8-3-9-24-49)50-35-31-42(32-36-50)45-33-37-54-53-27-12-15-30-59(53)63-60(54)41-45/h1-41H. The quantitative estimate of drug-likeness (QED) is 0.152. The number of rotatable bonds is 8. The number of benzene rings is 10. The molecule has 1 aliphatic rings. The van der Waals surface area contributed by atoms with Crippen molar-refractivity contribution in [2.45, 2.75) is 5.41 Å². The molecule has 0 atom stereocenters. The third-order valence-corrected chi connectivity index (χ3v) is 13.0. The second-order valence-electron chi connectivity index (χ2n) is 16.4. The maximum Gasteiger partial charge on any atom is 0.136 e. The molecule has 0 bridgehead atoms. The highest BCUT2D eigenvalue weighted by atomic mass is 16.3. The zero-order valence-corrected chi connectivity index (χ0v) is 34.5. The van der Waals surface area contributed by atoms with E-state index in [1.165, 1.54) is 44.5 Å². The summed E-state index contributed by atoms with van der Waals surface area (Å²) in [4.78, 5) is 2.37. The highest BCUT2D eigenvalue weighted by Crippen LogP contribution is 2.56. The van der Waals surface area contributed by atoms with Gasteiger partial charge in [-0.1, -0.05) is 188 Å². The largest absolute Gasteiger partial charge is 0.456 e. The van der Waals surface area contributed by atoms with Crippen LogP contribution in [0.1, 0.15) is 22.3 Å². The lowest BCUT2D eigenvalue weighted by molar-refractivity contribution is 0.669. The van der Waals surface area contributed by atoms with E-state index in [9.17, 15) is 0 Å². The number of fused-ring (bicyclic) bond motifs is 6. The average molecular weight is 804 g/mol. The lowest BCUT2D eigenvalue weighted by atomic mass is 9.67. The minimum absolute atomic E-state index is 0.422. The minimum Gasteiger partial charge on any atom is -0.456 e. The van der Waals surface area contributed by atoms with Gasteiger partial charge in [0.2, 0.25) is 0 Å². The van der Waals surface area contributed by atoms with E-state index in [2.05, 4.69) is 241 Å². The first kappa shape index (κ1) is 36.6. The Bertz CT molecular complexity index is 3400. The first-order valence-corrected chi connectivity index (χ1v) is 21.7. The molecule has 63 heavy (non-hydrogen) atoms. The van der Waals surface area contributed by atoms with Crippen molar-refractivity contribution >= 4 is 39.0 Å². The van der Waals surface area contributed by atoms with E-state index in [0.29, 0.717) is 0 Å². The molecule has 0 N–H and O–H groups in total. The van der Waals surface area contributed by atoms with E-state index >= 15 is 0 Å². The van der Waals surface area contributed by atoms with Crippen molar-refractivity contribution in [1.29, 1.82) is 0 Å². The van der Waals surface area contributed by atoms with E-state index in [-0.39, 0.29) is 0 Å². The molecule has 0 spiro atoms. The lowest BCUT2D eigenvalue weighted by Gasteiger charge is -2.33.